The highest BCUT2D eigenvalue weighted by Crippen LogP contribution is 2.12. The van der Waals surface area contributed by atoms with Gasteiger partial charge in [0.1, 0.15) is 5.75 Å². The third kappa shape index (κ3) is 6.49. The number of ether oxygens (including phenoxy) is 1. The smallest absolute Gasteiger partial charge is 0.119 e. The van der Waals surface area contributed by atoms with Gasteiger partial charge in [-0.15, -0.1) is 0 Å². The summed E-state index contributed by atoms with van der Waals surface area (Å²) in [7, 11) is 0. The minimum absolute atomic E-state index is 0.786. The van der Waals surface area contributed by atoms with Crippen LogP contribution < -0.4 is 10.1 Å². The molecule has 94 valence electrons. The first-order valence-electron chi connectivity index (χ1n) is 5.98. The molecule has 0 unspecified atom stereocenters. The predicted molar refractivity (Wildman–Crippen MR) is 76.6 cm³/mol. The molecule has 0 spiro atoms. The number of nitrogens with one attached hydrogen (secondary N) is 1. The van der Waals surface area contributed by atoms with Gasteiger partial charge >= 0.3 is 0 Å². The number of unbranched alkanes of at least 4 members (excludes halogenated alkanes) is 1. The highest BCUT2D eigenvalue weighted by Gasteiger charge is 1.96. The van der Waals surface area contributed by atoms with Crippen LogP contribution in [0.3, 0.4) is 0 Å². The fourth-order valence-electron chi connectivity index (χ4n) is 1.38. The molecule has 3 heteroatoms. The highest BCUT2D eigenvalue weighted by atomic mass is 79.9. The lowest BCUT2D eigenvalue weighted by Crippen LogP contribution is -2.14. The molecular weight excluding hydrogens is 278 g/mol. The van der Waals surface area contributed by atoms with Crippen LogP contribution in [0.4, 0.5) is 0 Å². The second-order valence-corrected chi connectivity index (χ2v) is 5.09. The van der Waals surface area contributed by atoms with Crippen LogP contribution >= 0.6 is 15.9 Å². The Kier molecular flexibility index (Phi) is 6.97. The molecule has 1 aromatic carbocycles. The summed E-state index contributed by atoms with van der Waals surface area (Å²) in [6, 6.07) is 8.22. The Balaban J connectivity index is 2.31. The molecule has 1 N–H and O–H groups in total. The average Bonchev–Trinajstić information content (AvgIpc) is 2.31. The molecule has 0 amide bonds. The fourth-order valence-corrected chi connectivity index (χ4v) is 1.58. The molecule has 0 aliphatic heterocycles. The Morgan fingerprint density at radius 2 is 2.06 bits per heavy atom. The molecule has 17 heavy (non-hydrogen) atoms. The molecule has 0 aliphatic carbocycles. The van der Waals surface area contributed by atoms with Crippen molar-refractivity contribution < 1.29 is 4.74 Å². The molecule has 0 aliphatic rings. The first kappa shape index (κ1) is 14.3. The zero-order valence-electron chi connectivity index (χ0n) is 10.3. The normalized spacial score (nSPS) is 10.2. The standard InChI is InChI=1S/C14H20BrNO/c1-3-4-9-17-14-7-5-13(6-8-14)11-16-10-12(2)15/h5-8,16H,2-4,9-11H2,1H3. The van der Waals surface area contributed by atoms with Crippen molar-refractivity contribution in [2.75, 3.05) is 13.2 Å². The van der Waals surface area contributed by atoms with Gasteiger partial charge in [-0.05, 0) is 24.1 Å². The van der Waals surface area contributed by atoms with Crippen molar-refractivity contribution >= 4 is 15.9 Å². The van der Waals surface area contributed by atoms with E-state index >= 15 is 0 Å². The third-order valence-corrected chi connectivity index (χ3v) is 2.62. The van der Waals surface area contributed by atoms with E-state index in [9.17, 15) is 0 Å². The monoisotopic (exact) mass is 297 g/mol. The molecule has 0 heterocycles. The minimum Gasteiger partial charge on any atom is -0.494 e. The third-order valence-electron chi connectivity index (χ3n) is 2.34. The van der Waals surface area contributed by atoms with Crippen molar-refractivity contribution in [2.24, 2.45) is 0 Å². The zero-order chi connectivity index (χ0) is 12.5. The molecule has 1 aromatic rings. The largest absolute Gasteiger partial charge is 0.494 e. The van der Waals surface area contributed by atoms with Gasteiger partial charge in [-0.1, -0.05) is 48.0 Å². The first-order chi connectivity index (χ1) is 8.22. The number of hydrogen-bond acceptors (Lipinski definition) is 2. The van der Waals surface area contributed by atoms with Gasteiger partial charge in [0.05, 0.1) is 6.61 Å². The van der Waals surface area contributed by atoms with Crippen LogP contribution in [0.2, 0.25) is 0 Å². The van der Waals surface area contributed by atoms with E-state index in [0.717, 1.165) is 36.3 Å². The maximum absolute atomic E-state index is 5.60. The van der Waals surface area contributed by atoms with Crippen LogP contribution in [-0.2, 0) is 6.54 Å². The van der Waals surface area contributed by atoms with Gasteiger partial charge in [0.15, 0.2) is 0 Å². The first-order valence-corrected chi connectivity index (χ1v) is 6.77. The van der Waals surface area contributed by atoms with E-state index in [-0.39, 0.29) is 0 Å². The van der Waals surface area contributed by atoms with Gasteiger partial charge in [-0.25, -0.2) is 0 Å². The summed E-state index contributed by atoms with van der Waals surface area (Å²) in [5, 5.41) is 3.29. The van der Waals surface area contributed by atoms with Crippen LogP contribution in [-0.4, -0.2) is 13.2 Å². The Hall–Kier alpha value is -0.800. The maximum atomic E-state index is 5.60. The van der Waals surface area contributed by atoms with Gasteiger partial charge in [-0.3, -0.25) is 0 Å². The Morgan fingerprint density at radius 3 is 2.65 bits per heavy atom. The van der Waals surface area contributed by atoms with Gasteiger partial charge in [-0.2, -0.15) is 0 Å². The average molecular weight is 298 g/mol. The van der Waals surface area contributed by atoms with E-state index in [1.165, 1.54) is 12.0 Å². The van der Waals surface area contributed by atoms with E-state index in [4.69, 9.17) is 4.74 Å². The fraction of sp³-hybridized carbons (Fsp3) is 0.429. The van der Waals surface area contributed by atoms with E-state index in [2.05, 4.69) is 46.9 Å². The van der Waals surface area contributed by atoms with Gasteiger partial charge in [0.2, 0.25) is 0 Å². The van der Waals surface area contributed by atoms with Crippen LogP contribution in [0, 0.1) is 0 Å². The summed E-state index contributed by atoms with van der Waals surface area (Å²) < 4.78 is 6.57. The van der Waals surface area contributed by atoms with Gasteiger partial charge in [0.25, 0.3) is 0 Å². The Morgan fingerprint density at radius 1 is 1.35 bits per heavy atom. The number of hydrogen-bond donors (Lipinski definition) is 1. The van der Waals surface area contributed by atoms with Crippen molar-refractivity contribution in [3.8, 4) is 5.75 Å². The minimum atomic E-state index is 0.786. The summed E-state index contributed by atoms with van der Waals surface area (Å²) in [6.07, 6.45) is 2.27. The van der Waals surface area contributed by atoms with E-state index in [0.29, 0.717) is 0 Å². The van der Waals surface area contributed by atoms with Crippen LogP contribution in [0.15, 0.2) is 35.3 Å². The second-order valence-electron chi connectivity index (χ2n) is 3.97. The lowest BCUT2D eigenvalue weighted by Gasteiger charge is -2.07. The van der Waals surface area contributed by atoms with Gasteiger partial charge < -0.3 is 10.1 Å². The van der Waals surface area contributed by atoms with Gasteiger partial charge in [0, 0.05) is 17.6 Å². The molecule has 0 radical (unpaired) electrons. The van der Waals surface area contributed by atoms with E-state index in [1.807, 2.05) is 12.1 Å². The number of halogens is 1. The van der Waals surface area contributed by atoms with E-state index < -0.39 is 0 Å². The van der Waals surface area contributed by atoms with E-state index in [1.54, 1.807) is 0 Å². The molecule has 0 atom stereocenters. The molecule has 0 fully saturated rings. The predicted octanol–water partition coefficient (Wildman–Crippen LogP) is 3.86. The summed E-state index contributed by atoms with van der Waals surface area (Å²) in [5.41, 5.74) is 1.25. The Labute approximate surface area is 112 Å². The van der Waals surface area contributed by atoms with Crippen LogP contribution in [0.25, 0.3) is 0 Å². The van der Waals surface area contributed by atoms with Crippen molar-refractivity contribution in [2.45, 2.75) is 26.3 Å². The van der Waals surface area contributed by atoms with Crippen molar-refractivity contribution in [1.82, 2.24) is 5.32 Å². The van der Waals surface area contributed by atoms with Crippen molar-refractivity contribution in [3.05, 3.63) is 40.9 Å². The maximum Gasteiger partial charge on any atom is 0.119 e. The zero-order valence-corrected chi connectivity index (χ0v) is 11.9. The number of rotatable bonds is 8. The molecule has 1 rings (SSSR count). The summed E-state index contributed by atoms with van der Waals surface area (Å²) in [4.78, 5) is 0. The van der Waals surface area contributed by atoms with Crippen molar-refractivity contribution in [3.63, 3.8) is 0 Å². The van der Waals surface area contributed by atoms with Crippen LogP contribution in [0.5, 0.6) is 5.75 Å². The second kappa shape index (κ2) is 8.31. The molecule has 0 saturated carbocycles. The van der Waals surface area contributed by atoms with Crippen molar-refractivity contribution in [1.29, 1.82) is 0 Å². The highest BCUT2D eigenvalue weighted by molar-refractivity contribution is 9.11. The lowest BCUT2D eigenvalue weighted by atomic mass is 10.2. The van der Waals surface area contributed by atoms with Crippen LogP contribution in [0.1, 0.15) is 25.3 Å². The molecule has 0 bridgehead atoms. The number of benzene rings is 1. The quantitative estimate of drug-likeness (QED) is 0.736. The molecule has 2 nitrogen and oxygen atoms in total. The molecule has 0 aromatic heterocycles. The molecule has 0 saturated heterocycles. The lowest BCUT2D eigenvalue weighted by molar-refractivity contribution is 0.309. The summed E-state index contributed by atoms with van der Waals surface area (Å²) >= 11 is 3.32. The SMILES string of the molecule is C=C(Br)CNCc1ccc(OCCCC)cc1. The summed E-state index contributed by atoms with van der Waals surface area (Å²) in [5.74, 6) is 0.951. The topological polar surface area (TPSA) is 21.3 Å². The Bertz CT molecular complexity index is 335. The summed E-state index contributed by atoms with van der Waals surface area (Å²) in [6.45, 7) is 8.38. The molecular formula is C14H20BrNO.